The number of carbonyl (C=O) groups is 2. The van der Waals surface area contributed by atoms with Crippen LogP contribution in [0.4, 0.5) is 0 Å². The molecule has 25 heavy (non-hydrogen) atoms. The minimum Gasteiger partial charge on any atom is -0.496 e. The Morgan fingerprint density at radius 2 is 1.72 bits per heavy atom. The monoisotopic (exact) mass is 341 g/mol. The van der Waals surface area contributed by atoms with E-state index in [1.807, 2.05) is 26.0 Å². The fraction of sp³-hybridized carbons (Fsp3) is 0.300. The van der Waals surface area contributed by atoms with Gasteiger partial charge in [-0.15, -0.1) is 0 Å². The predicted molar refractivity (Wildman–Crippen MR) is 96.0 cm³/mol. The van der Waals surface area contributed by atoms with Crippen LogP contribution in [-0.4, -0.2) is 36.0 Å². The summed E-state index contributed by atoms with van der Waals surface area (Å²) in [6, 6.07) is 10.6. The average molecular weight is 341 g/mol. The summed E-state index contributed by atoms with van der Waals surface area (Å²) in [5.41, 5.74) is 3.75. The van der Waals surface area contributed by atoms with E-state index >= 15 is 0 Å². The van der Waals surface area contributed by atoms with E-state index in [2.05, 4.69) is 0 Å². The average Bonchev–Trinajstić information content (AvgIpc) is 2.54. The zero-order chi connectivity index (χ0) is 18.6. The number of carboxylic acids is 1. The maximum absolute atomic E-state index is 12.5. The molecule has 0 aromatic heterocycles. The largest absolute Gasteiger partial charge is 0.496 e. The molecule has 0 saturated carbocycles. The lowest BCUT2D eigenvalue weighted by Crippen LogP contribution is -2.28. The number of likely N-dealkylation sites (N-methyl/N-ethyl adjacent to an activating group) is 1. The SMILES string of the molecule is COc1c(C)cc(CN(C)C(=O)Cc2ccccc2C(=O)O)cc1C. The van der Waals surface area contributed by atoms with Gasteiger partial charge in [0.15, 0.2) is 0 Å². The van der Waals surface area contributed by atoms with Crippen LogP contribution < -0.4 is 4.74 Å². The number of aryl methyl sites for hydroxylation is 2. The Kier molecular flexibility index (Phi) is 5.80. The third-order valence-corrected chi connectivity index (χ3v) is 4.16. The summed E-state index contributed by atoms with van der Waals surface area (Å²) in [6.45, 7) is 4.40. The molecule has 0 aliphatic heterocycles. The van der Waals surface area contributed by atoms with Crippen LogP contribution in [-0.2, 0) is 17.8 Å². The molecule has 2 aromatic rings. The number of rotatable bonds is 6. The first-order chi connectivity index (χ1) is 11.8. The Morgan fingerprint density at radius 3 is 2.28 bits per heavy atom. The van der Waals surface area contributed by atoms with E-state index in [1.54, 1.807) is 37.3 Å². The van der Waals surface area contributed by atoms with Crippen molar-refractivity contribution in [2.75, 3.05) is 14.2 Å². The second-order valence-electron chi connectivity index (χ2n) is 6.15. The Balaban J connectivity index is 2.13. The van der Waals surface area contributed by atoms with Crippen molar-refractivity contribution in [3.8, 4) is 5.75 Å². The molecule has 0 spiro atoms. The van der Waals surface area contributed by atoms with Gasteiger partial charge in [0.2, 0.25) is 5.91 Å². The summed E-state index contributed by atoms with van der Waals surface area (Å²) in [7, 11) is 3.37. The van der Waals surface area contributed by atoms with E-state index in [-0.39, 0.29) is 17.9 Å². The third-order valence-electron chi connectivity index (χ3n) is 4.16. The van der Waals surface area contributed by atoms with Gasteiger partial charge in [-0.2, -0.15) is 0 Å². The Hall–Kier alpha value is -2.82. The van der Waals surface area contributed by atoms with Crippen LogP contribution in [0.15, 0.2) is 36.4 Å². The van der Waals surface area contributed by atoms with Crippen LogP contribution in [0.1, 0.15) is 32.6 Å². The quantitative estimate of drug-likeness (QED) is 0.876. The second kappa shape index (κ2) is 7.83. The van der Waals surface area contributed by atoms with E-state index in [1.165, 1.54) is 6.07 Å². The molecule has 0 atom stereocenters. The van der Waals surface area contributed by atoms with Crippen LogP contribution in [0, 0.1) is 13.8 Å². The van der Waals surface area contributed by atoms with E-state index in [9.17, 15) is 14.7 Å². The lowest BCUT2D eigenvalue weighted by Gasteiger charge is -2.19. The van der Waals surface area contributed by atoms with Gasteiger partial charge in [0.25, 0.3) is 0 Å². The zero-order valence-electron chi connectivity index (χ0n) is 15.0. The van der Waals surface area contributed by atoms with Crippen molar-refractivity contribution < 1.29 is 19.4 Å². The molecule has 0 unspecified atom stereocenters. The molecule has 132 valence electrons. The molecular weight excluding hydrogens is 318 g/mol. The molecule has 0 bridgehead atoms. The number of methoxy groups -OCH3 is 1. The maximum atomic E-state index is 12.5. The van der Waals surface area contributed by atoms with Crippen molar-refractivity contribution >= 4 is 11.9 Å². The van der Waals surface area contributed by atoms with Crippen LogP contribution >= 0.6 is 0 Å². The molecule has 2 rings (SSSR count). The van der Waals surface area contributed by atoms with Gasteiger partial charge in [0, 0.05) is 13.6 Å². The van der Waals surface area contributed by atoms with Crippen molar-refractivity contribution in [1.82, 2.24) is 4.90 Å². The van der Waals surface area contributed by atoms with E-state index in [4.69, 9.17) is 4.74 Å². The van der Waals surface area contributed by atoms with Gasteiger partial charge in [-0.25, -0.2) is 4.79 Å². The van der Waals surface area contributed by atoms with Crippen molar-refractivity contribution in [2.24, 2.45) is 0 Å². The molecule has 5 nitrogen and oxygen atoms in total. The maximum Gasteiger partial charge on any atom is 0.335 e. The lowest BCUT2D eigenvalue weighted by atomic mass is 10.0. The molecule has 0 saturated heterocycles. The molecule has 1 N–H and O–H groups in total. The predicted octanol–water partition coefficient (Wildman–Crippen LogP) is 3.21. The Morgan fingerprint density at radius 1 is 1.12 bits per heavy atom. The molecule has 1 amide bonds. The zero-order valence-corrected chi connectivity index (χ0v) is 15.0. The number of aromatic carboxylic acids is 1. The number of ether oxygens (including phenoxy) is 1. The van der Waals surface area contributed by atoms with Crippen LogP contribution in [0.2, 0.25) is 0 Å². The second-order valence-corrected chi connectivity index (χ2v) is 6.15. The number of nitrogens with zero attached hydrogens (tertiary/aromatic N) is 1. The summed E-state index contributed by atoms with van der Waals surface area (Å²) in [5, 5.41) is 9.23. The lowest BCUT2D eigenvalue weighted by molar-refractivity contribution is -0.129. The Labute approximate surface area is 147 Å². The highest BCUT2D eigenvalue weighted by atomic mass is 16.5. The topological polar surface area (TPSA) is 66.8 Å². The number of hydrogen-bond acceptors (Lipinski definition) is 3. The van der Waals surface area contributed by atoms with Gasteiger partial charge in [-0.05, 0) is 42.2 Å². The first kappa shape index (κ1) is 18.5. The van der Waals surface area contributed by atoms with Gasteiger partial charge < -0.3 is 14.7 Å². The van der Waals surface area contributed by atoms with Crippen molar-refractivity contribution in [2.45, 2.75) is 26.8 Å². The minimum absolute atomic E-state index is 0.0626. The first-order valence-electron chi connectivity index (χ1n) is 8.02. The van der Waals surface area contributed by atoms with Crippen LogP contribution in [0.3, 0.4) is 0 Å². The van der Waals surface area contributed by atoms with Crippen molar-refractivity contribution in [3.63, 3.8) is 0 Å². The van der Waals surface area contributed by atoms with Crippen LogP contribution in [0.5, 0.6) is 5.75 Å². The summed E-state index contributed by atoms with van der Waals surface area (Å²) >= 11 is 0. The molecule has 0 heterocycles. The fourth-order valence-electron chi connectivity index (χ4n) is 3.00. The van der Waals surface area contributed by atoms with Gasteiger partial charge in [0.05, 0.1) is 19.1 Å². The molecule has 0 aliphatic rings. The number of benzene rings is 2. The normalized spacial score (nSPS) is 10.4. The molecule has 0 fully saturated rings. The van der Waals surface area contributed by atoms with Gasteiger partial charge in [-0.3, -0.25) is 4.79 Å². The van der Waals surface area contributed by atoms with Gasteiger partial charge in [-0.1, -0.05) is 30.3 Å². The number of hydrogen-bond donors (Lipinski definition) is 1. The highest BCUT2D eigenvalue weighted by molar-refractivity contribution is 5.91. The van der Waals surface area contributed by atoms with Crippen LogP contribution in [0.25, 0.3) is 0 Å². The number of amides is 1. The highest BCUT2D eigenvalue weighted by Crippen LogP contribution is 2.25. The summed E-state index contributed by atoms with van der Waals surface area (Å²) in [5.74, 6) is -0.291. The van der Waals surface area contributed by atoms with E-state index in [0.717, 1.165) is 22.4 Å². The number of carboxylic acid groups (broad SMARTS) is 1. The van der Waals surface area contributed by atoms with Crippen molar-refractivity contribution in [3.05, 3.63) is 64.2 Å². The third kappa shape index (κ3) is 4.38. The smallest absolute Gasteiger partial charge is 0.335 e. The van der Waals surface area contributed by atoms with Gasteiger partial charge >= 0.3 is 5.97 Å². The fourth-order valence-corrected chi connectivity index (χ4v) is 3.00. The molecular formula is C20H23NO4. The summed E-state index contributed by atoms with van der Waals surface area (Å²) in [4.78, 5) is 25.4. The first-order valence-corrected chi connectivity index (χ1v) is 8.02. The highest BCUT2D eigenvalue weighted by Gasteiger charge is 2.16. The standard InChI is InChI=1S/C20H23NO4/c1-13-9-15(10-14(2)19(13)25-4)12-21(3)18(22)11-16-7-5-6-8-17(16)20(23)24/h5-10H,11-12H2,1-4H3,(H,23,24). The molecule has 0 radical (unpaired) electrons. The summed E-state index contributed by atoms with van der Waals surface area (Å²) in [6.07, 6.45) is 0.0626. The molecule has 2 aromatic carbocycles. The summed E-state index contributed by atoms with van der Waals surface area (Å²) < 4.78 is 5.36. The number of carbonyl (C=O) groups excluding carboxylic acids is 1. The van der Waals surface area contributed by atoms with Gasteiger partial charge in [0.1, 0.15) is 5.75 Å². The molecule has 5 heteroatoms. The van der Waals surface area contributed by atoms with E-state index in [0.29, 0.717) is 12.1 Å². The Bertz CT molecular complexity index is 775. The van der Waals surface area contributed by atoms with E-state index < -0.39 is 5.97 Å². The minimum atomic E-state index is -1.02. The van der Waals surface area contributed by atoms with Crippen molar-refractivity contribution in [1.29, 1.82) is 0 Å². The molecule has 0 aliphatic carbocycles.